The topological polar surface area (TPSA) is 74.2 Å². The summed E-state index contributed by atoms with van der Waals surface area (Å²) in [5.74, 6) is 0.919. The van der Waals surface area contributed by atoms with Crippen LogP contribution in [0.5, 0.6) is 0 Å². The van der Waals surface area contributed by atoms with Crippen LogP contribution in [-0.4, -0.2) is 18.2 Å². The number of nitrogens with zero attached hydrogens (tertiary/aromatic N) is 1. The maximum atomic E-state index is 5.89. The van der Waals surface area contributed by atoms with E-state index < -0.39 is 0 Å². The first-order valence-corrected chi connectivity index (χ1v) is 4.86. The largest absolute Gasteiger partial charge is 0.396 e. The Bertz CT molecular complexity index is 321. The minimum Gasteiger partial charge on any atom is -0.396 e. The third kappa shape index (κ3) is 1.65. The summed E-state index contributed by atoms with van der Waals surface area (Å²) in [6, 6.07) is 1.96. The van der Waals surface area contributed by atoms with Crippen LogP contribution in [0.15, 0.2) is 12.3 Å². The molecule has 14 heavy (non-hydrogen) atoms. The molecule has 76 valence electrons. The fourth-order valence-electron chi connectivity index (χ4n) is 1.87. The predicted molar refractivity (Wildman–Crippen MR) is 55.9 cm³/mol. The third-order valence-corrected chi connectivity index (χ3v) is 2.72. The lowest BCUT2D eigenvalue weighted by atomic mass is 9.91. The predicted octanol–water partition coefficient (Wildman–Crippen LogP) is 1.14. The molecule has 4 nitrogen and oxygen atoms in total. The van der Waals surface area contributed by atoms with Gasteiger partial charge in [-0.3, -0.25) is 0 Å². The van der Waals surface area contributed by atoms with E-state index in [0.29, 0.717) is 17.4 Å². The Labute approximate surface area is 83.3 Å². The van der Waals surface area contributed by atoms with E-state index in [9.17, 15) is 0 Å². The smallest absolute Gasteiger partial charge is 0.146 e. The summed E-state index contributed by atoms with van der Waals surface area (Å²) >= 11 is 0. The fourth-order valence-corrected chi connectivity index (χ4v) is 1.87. The second kappa shape index (κ2) is 3.84. The zero-order chi connectivity index (χ0) is 9.97. The van der Waals surface area contributed by atoms with E-state index in [1.807, 2.05) is 6.07 Å². The van der Waals surface area contributed by atoms with Gasteiger partial charge in [-0.1, -0.05) is 0 Å². The molecule has 1 aliphatic heterocycles. The Balaban J connectivity index is 2.26. The van der Waals surface area contributed by atoms with Gasteiger partial charge in [-0.2, -0.15) is 0 Å². The van der Waals surface area contributed by atoms with Crippen molar-refractivity contribution in [3.8, 4) is 0 Å². The SMILES string of the molecule is Nc1nccc(C2CCOCC2)c1N. The van der Waals surface area contributed by atoms with Gasteiger partial charge in [-0.15, -0.1) is 0 Å². The Hall–Kier alpha value is -1.29. The average molecular weight is 193 g/mol. The molecule has 0 spiro atoms. The Morgan fingerprint density at radius 3 is 2.71 bits per heavy atom. The van der Waals surface area contributed by atoms with Crippen LogP contribution in [0.3, 0.4) is 0 Å². The molecule has 0 amide bonds. The zero-order valence-corrected chi connectivity index (χ0v) is 8.07. The standard InChI is InChI=1S/C10H15N3O/c11-9-8(1-4-13-10(9)12)7-2-5-14-6-3-7/h1,4,7H,2-3,5-6,11H2,(H2,12,13). The highest BCUT2D eigenvalue weighted by molar-refractivity contribution is 5.63. The summed E-state index contributed by atoms with van der Waals surface area (Å²) in [6.07, 6.45) is 3.76. The number of anilines is 2. The van der Waals surface area contributed by atoms with Crippen molar-refractivity contribution in [2.24, 2.45) is 0 Å². The Morgan fingerprint density at radius 2 is 2.00 bits per heavy atom. The Morgan fingerprint density at radius 1 is 1.29 bits per heavy atom. The molecule has 0 atom stereocenters. The van der Waals surface area contributed by atoms with E-state index in [0.717, 1.165) is 31.6 Å². The summed E-state index contributed by atoms with van der Waals surface area (Å²) in [7, 11) is 0. The van der Waals surface area contributed by atoms with Gasteiger partial charge in [0.1, 0.15) is 5.82 Å². The third-order valence-electron chi connectivity index (χ3n) is 2.72. The normalized spacial score (nSPS) is 18.3. The van der Waals surface area contributed by atoms with Gasteiger partial charge in [-0.05, 0) is 30.4 Å². The van der Waals surface area contributed by atoms with Crippen LogP contribution in [0.1, 0.15) is 24.3 Å². The van der Waals surface area contributed by atoms with E-state index in [1.54, 1.807) is 6.20 Å². The van der Waals surface area contributed by atoms with Crippen molar-refractivity contribution >= 4 is 11.5 Å². The number of nitrogens with two attached hydrogens (primary N) is 2. The maximum Gasteiger partial charge on any atom is 0.146 e. The molecule has 0 bridgehead atoms. The molecule has 1 saturated heterocycles. The molecular weight excluding hydrogens is 178 g/mol. The maximum absolute atomic E-state index is 5.89. The van der Waals surface area contributed by atoms with Crippen molar-refractivity contribution < 1.29 is 4.74 Å². The molecule has 4 N–H and O–H groups in total. The highest BCUT2D eigenvalue weighted by Crippen LogP contribution is 2.32. The van der Waals surface area contributed by atoms with Gasteiger partial charge in [0.25, 0.3) is 0 Å². The molecule has 1 aromatic heterocycles. The minimum absolute atomic E-state index is 0.439. The van der Waals surface area contributed by atoms with Crippen LogP contribution in [0, 0.1) is 0 Å². The van der Waals surface area contributed by atoms with Gasteiger partial charge in [0.15, 0.2) is 0 Å². The summed E-state index contributed by atoms with van der Waals surface area (Å²) in [5, 5.41) is 0. The van der Waals surface area contributed by atoms with Crippen molar-refractivity contribution in [3.63, 3.8) is 0 Å². The van der Waals surface area contributed by atoms with Gasteiger partial charge in [0.05, 0.1) is 5.69 Å². The molecule has 1 aliphatic rings. The summed E-state index contributed by atoms with van der Waals surface area (Å²) in [5.41, 5.74) is 13.3. The summed E-state index contributed by atoms with van der Waals surface area (Å²) in [6.45, 7) is 1.62. The van der Waals surface area contributed by atoms with Crippen LogP contribution < -0.4 is 11.5 Å². The first kappa shape index (κ1) is 9.27. The number of hydrogen-bond donors (Lipinski definition) is 2. The van der Waals surface area contributed by atoms with Gasteiger partial charge < -0.3 is 16.2 Å². The second-order valence-corrected chi connectivity index (χ2v) is 3.59. The van der Waals surface area contributed by atoms with Crippen LogP contribution in [-0.2, 0) is 4.74 Å². The average Bonchev–Trinajstić information content (AvgIpc) is 2.23. The monoisotopic (exact) mass is 193 g/mol. The molecule has 2 heterocycles. The molecule has 0 aromatic carbocycles. The number of ether oxygens (including phenoxy) is 1. The molecule has 0 aliphatic carbocycles. The molecule has 0 unspecified atom stereocenters. The van der Waals surface area contributed by atoms with Crippen molar-refractivity contribution in [2.45, 2.75) is 18.8 Å². The van der Waals surface area contributed by atoms with Crippen molar-refractivity contribution in [3.05, 3.63) is 17.8 Å². The molecule has 0 saturated carbocycles. The van der Waals surface area contributed by atoms with Crippen molar-refractivity contribution in [2.75, 3.05) is 24.7 Å². The van der Waals surface area contributed by atoms with Crippen molar-refractivity contribution in [1.82, 2.24) is 4.98 Å². The molecule has 2 rings (SSSR count). The van der Waals surface area contributed by atoms with Crippen LogP contribution in [0.2, 0.25) is 0 Å². The minimum atomic E-state index is 0.439. The highest BCUT2D eigenvalue weighted by atomic mass is 16.5. The lowest BCUT2D eigenvalue weighted by molar-refractivity contribution is 0.0854. The van der Waals surface area contributed by atoms with Crippen LogP contribution in [0.4, 0.5) is 11.5 Å². The molecule has 4 heteroatoms. The number of aromatic nitrogens is 1. The van der Waals surface area contributed by atoms with Crippen LogP contribution in [0.25, 0.3) is 0 Å². The van der Waals surface area contributed by atoms with E-state index in [1.165, 1.54) is 0 Å². The fraction of sp³-hybridized carbons (Fsp3) is 0.500. The molecule has 0 radical (unpaired) electrons. The summed E-state index contributed by atoms with van der Waals surface area (Å²) in [4.78, 5) is 3.96. The molecular formula is C10H15N3O. The number of hydrogen-bond acceptors (Lipinski definition) is 4. The number of nitrogen functional groups attached to an aromatic ring is 2. The molecule has 1 aromatic rings. The molecule has 1 fully saturated rings. The second-order valence-electron chi connectivity index (χ2n) is 3.59. The van der Waals surface area contributed by atoms with Crippen LogP contribution >= 0.6 is 0 Å². The lowest BCUT2D eigenvalue weighted by Gasteiger charge is -2.23. The van der Waals surface area contributed by atoms with E-state index in [-0.39, 0.29) is 0 Å². The first-order chi connectivity index (χ1) is 6.79. The number of rotatable bonds is 1. The Kier molecular flexibility index (Phi) is 2.54. The quantitative estimate of drug-likeness (QED) is 0.701. The van der Waals surface area contributed by atoms with E-state index in [2.05, 4.69) is 4.98 Å². The highest BCUT2D eigenvalue weighted by Gasteiger charge is 2.18. The zero-order valence-electron chi connectivity index (χ0n) is 8.07. The van der Waals surface area contributed by atoms with E-state index in [4.69, 9.17) is 16.2 Å². The van der Waals surface area contributed by atoms with E-state index >= 15 is 0 Å². The van der Waals surface area contributed by atoms with Gasteiger partial charge in [0, 0.05) is 19.4 Å². The van der Waals surface area contributed by atoms with Gasteiger partial charge in [0.2, 0.25) is 0 Å². The lowest BCUT2D eigenvalue weighted by Crippen LogP contribution is -2.16. The van der Waals surface area contributed by atoms with Gasteiger partial charge in [-0.25, -0.2) is 4.98 Å². The van der Waals surface area contributed by atoms with Crippen molar-refractivity contribution in [1.29, 1.82) is 0 Å². The number of pyridine rings is 1. The summed E-state index contributed by atoms with van der Waals surface area (Å²) < 4.78 is 5.30. The first-order valence-electron chi connectivity index (χ1n) is 4.86. The van der Waals surface area contributed by atoms with Gasteiger partial charge >= 0.3 is 0 Å².